The molecule has 0 atom stereocenters. The fourth-order valence-electron chi connectivity index (χ4n) is 1.85. The standard InChI is InChI=1S/C12H12N4/c1-9-4-3-5-16-8-11(14-12(9)16)10-6-13-15(2)7-10/h3-8H,1-2H3. The Morgan fingerprint density at radius 3 is 2.81 bits per heavy atom. The van der Waals surface area contributed by atoms with E-state index in [4.69, 9.17) is 0 Å². The van der Waals surface area contributed by atoms with E-state index < -0.39 is 0 Å². The molecule has 0 spiro atoms. The first-order valence-electron chi connectivity index (χ1n) is 5.17. The van der Waals surface area contributed by atoms with Crippen LogP contribution in [0.2, 0.25) is 0 Å². The predicted molar refractivity (Wildman–Crippen MR) is 62.1 cm³/mol. The van der Waals surface area contributed by atoms with Crippen molar-refractivity contribution in [2.75, 3.05) is 0 Å². The molecule has 3 heterocycles. The van der Waals surface area contributed by atoms with Crippen LogP contribution in [0, 0.1) is 6.92 Å². The predicted octanol–water partition coefficient (Wildman–Crippen LogP) is 2.04. The van der Waals surface area contributed by atoms with E-state index in [0.29, 0.717) is 0 Å². The molecule has 4 nitrogen and oxygen atoms in total. The summed E-state index contributed by atoms with van der Waals surface area (Å²) in [6, 6.07) is 4.09. The Morgan fingerprint density at radius 2 is 2.12 bits per heavy atom. The Kier molecular flexibility index (Phi) is 1.83. The summed E-state index contributed by atoms with van der Waals surface area (Å²) in [5, 5.41) is 4.15. The molecule has 0 aliphatic rings. The normalized spacial score (nSPS) is 11.1. The van der Waals surface area contributed by atoms with E-state index in [1.807, 2.05) is 42.3 Å². The van der Waals surface area contributed by atoms with Crippen molar-refractivity contribution in [1.29, 1.82) is 0 Å². The Bertz CT molecular complexity index is 648. The number of aromatic nitrogens is 4. The molecular formula is C12H12N4. The lowest BCUT2D eigenvalue weighted by Gasteiger charge is -1.93. The lowest BCUT2D eigenvalue weighted by atomic mass is 10.3. The van der Waals surface area contributed by atoms with Gasteiger partial charge in [-0.1, -0.05) is 6.07 Å². The van der Waals surface area contributed by atoms with E-state index in [9.17, 15) is 0 Å². The van der Waals surface area contributed by atoms with Crippen molar-refractivity contribution in [3.05, 3.63) is 42.5 Å². The first kappa shape index (κ1) is 9.15. The third kappa shape index (κ3) is 1.31. The van der Waals surface area contributed by atoms with Gasteiger partial charge in [0.2, 0.25) is 0 Å². The highest BCUT2D eigenvalue weighted by atomic mass is 15.2. The molecule has 0 amide bonds. The van der Waals surface area contributed by atoms with Crippen LogP contribution in [0.25, 0.3) is 16.9 Å². The monoisotopic (exact) mass is 212 g/mol. The molecule has 0 saturated carbocycles. The van der Waals surface area contributed by atoms with Crippen LogP contribution in [0.3, 0.4) is 0 Å². The van der Waals surface area contributed by atoms with Crippen molar-refractivity contribution in [2.45, 2.75) is 6.92 Å². The maximum Gasteiger partial charge on any atom is 0.140 e. The number of imidazole rings is 1. The highest BCUT2D eigenvalue weighted by molar-refractivity contribution is 5.62. The second-order valence-electron chi connectivity index (χ2n) is 3.95. The van der Waals surface area contributed by atoms with E-state index in [-0.39, 0.29) is 0 Å². The molecule has 0 aliphatic heterocycles. The minimum Gasteiger partial charge on any atom is -0.306 e. The van der Waals surface area contributed by atoms with E-state index in [0.717, 1.165) is 16.9 Å². The van der Waals surface area contributed by atoms with Gasteiger partial charge in [0, 0.05) is 31.2 Å². The molecule has 16 heavy (non-hydrogen) atoms. The van der Waals surface area contributed by atoms with Gasteiger partial charge < -0.3 is 4.40 Å². The largest absolute Gasteiger partial charge is 0.306 e. The van der Waals surface area contributed by atoms with Gasteiger partial charge in [0.1, 0.15) is 5.65 Å². The smallest absolute Gasteiger partial charge is 0.140 e. The molecule has 4 heteroatoms. The topological polar surface area (TPSA) is 35.1 Å². The summed E-state index contributed by atoms with van der Waals surface area (Å²) in [5.41, 5.74) is 4.19. The van der Waals surface area contributed by atoms with Crippen molar-refractivity contribution in [3.8, 4) is 11.3 Å². The molecular weight excluding hydrogens is 200 g/mol. The summed E-state index contributed by atoms with van der Waals surface area (Å²) >= 11 is 0. The Labute approximate surface area is 93.2 Å². The summed E-state index contributed by atoms with van der Waals surface area (Å²) in [5.74, 6) is 0. The van der Waals surface area contributed by atoms with Crippen molar-refractivity contribution >= 4 is 5.65 Å². The van der Waals surface area contributed by atoms with Crippen LogP contribution in [0.15, 0.2) is 36.9 Å². The van der Waals surface area contributed by atoms with Gasteiger partial charge in [-0.05, 0) is 18.6 Å². The average molecular weight is 212 g/mol. The quantitative estimate of drug-likeness (QED) is 0.618. The summed E-state index contributed by atoms with van der Waals surface area (Å²) in [4.78, 5) is 4.61. The fourth-order valence-corrected chi connectivity index (χ4v) is 1.85. The molecule has 3 aromatic heterocycles. The van der Waals surface area contributed by atoms with Crippen LogP contribution in [-0.4, -0.2) is 19.2 Å². The molecule has 0 saturated heterocycles. The van der Waals surface area contributed by atoms with Crippen molar-refractivity contribution < 1.29 is 0 Å². The van der Waals surface area contributed by atoms with Crippen LogP contribution >= 0.6 is 0 Å². The Hall–Kier alpha value is -2.10. The van der Waals surface area contributed by atoms with Gasteiger partial charge in [-0.15, -0.1) is 0 Å². The maximum absolute atomic E-state index is 4.61. The molecule has 0 aliphatic carbocycles. The highest BCUT2D eigenvalue weighted by Gasteiger charge is 2.06. The molecule has 0 unspecified atom stereocenters. The molecule has 3 aromatic rings. The first-order chi connectivity index (χ1) is 7.74. The van der Waals surface area contributed by atoms with Gasteiger partial charge >= 0.3 is 0 Å². The number of nitrogens with zero attached hydrogens (tertiary/aromatic N) is 4. The molecule has 0 radical (unpaired) electrons. The highest BCUT2D eigenvalue weighted by Crippen LogP contribution is 2.19. The fraction of sp³-hybridized carbons (Fsp3) is 0.167. The zero-order valence-corrected chi connectivity index (χ0v) is 9.25. The minimum atomic E-state index is 0.961. The third-order valence-electron chi connectivity index (χ3n) is 2.68. The average Bonchev–Trinajstić information content (AvgIpc) is 2.84. The minimum absolute atomic E-state index is 0.961. The van der Waals surface area contributed by atoms with Crippen molar-refractivity contribution in [3.63, 3.8) is 0 Å². The van der Waals surface area contributed by atoms with Crippen molar-refractivity contribution in [2.24, 2.45) is 7.05 Å². The van der Waals surface area contributed by atoms with Crippen LogP contribution < -0.4 is 0 Å². The number of pyridine rings is 1. The van der Waals surface area contributed by atoms with Crippen LogP contribution in [0.4, 0.5) is 0 Å². The summed E-state index contributed by atoms with van der Waals surface area (Å²) in [6.07, 6.45) is 7.84. The van der Waals surface area contributed by atoms with Gasteiger partial charge in [-0.3, -0.25) is 4.68 Å². The van der Waals surface area contributed by atoms with E-state index in [1.165, 1.54) is 5.56 Å². The zero-order chi connectivity index (χ0) is 11.1. The van der Waals surface area contributed by atoms with Crippen LogP contribution in [0.5, 0.6) is 0 Å². The number of hydrogen-bond donors (Lipinski definition) is 0. The SMILES string of the molecule is Cc1cccn2cc(-c3cnn(C)c3)nc12. The summed E-state index contributed by atoms with van der Waals surface area (Å²) in [6.45, 7) is 2.06. The molecule has 0 aromatic carbocycles. The number of hydrogen-bond acceptors (Lipinski definition) is 2. The van der Waals surface area contributed by atoms with Gasteiger partial charge in [-0.2, -0.15) is 5.10 Å². The Balaban J connectivity index is 2.22. The third-order valence-corrected chi connectivity index (χ3v) is 2.68. The summed E-state index contributed by atoms with van der Waals surface area (Å²) < 4.78 is 3.82. The lowest BCUT2D eigenvalue weighted by Crippen LogP contribution is -1.84. The second kappa shape index (κ2) is 3.20. The molecule has 0 bridgehead atoms. The van der Waals surface area contributed by atoms with Crippen molar-refractivity contribution in [1.82, 2.24) is 19.2 Å². The Morgan fingerprint density at radius 1 is 1.25 bits per heavy atom. The summed E-state index contributed by atoms with van der Waals surface area (Å²) in [7, 11) is 1.91. The molecule has 3 rings (SSSR count). The van der Waals surface area contributed by atoms with Gasteiger partial charge in [0.15, 0.2) is 0 Å². The van der Waals surface area contributed by atoms with Gasteiger partial charge in [-0.25, -0.2) is 4.98 Å². The number of aryl methyl sites for hydroxylation is 2. The van der Waals surface area contributed by atoms with E-state index in [1.54, 1.807) is 4.68 Å². The maximum atomic E-state index is 4.61. The van der Waals surface area contributed by atoms with E-state index in [2.05, 4.69) is 23.1 Å². The number of rotatable bonds is 1. The number of fused-ring (bicyclic) bond motifs is 1. The lowest BCUT2D eigenvalue weighted by molar-refractivity contribution is 0.768. The molecule has 0 N–H and O–H groups in total. The van der Waals surface area contributed by atoms with Gasteiger partial charge in [0.25, 0.3) is 0 Å². The molecule has 80 valence electrons. The van der Waals surface area contributed by atoms with Crippen LogP contribution in [-0.2, 0) is 7.05 Å². The second-order valence-corrected chi connectivity index (χ2v) is 3.95. The molecule has 0 fully saturated rings. The van der Waals surface area contributed by atoms with Crippen LogP contribution in [0.1, 0.15) is 5.56 Å². The zero-order valence-electron chi connectivity index (χ0n) is 9.25. The first-order valence-corrected chi connectivity index (χ1v) is 5.17. The van der Waals surface area contributed by atoms with Gasteiger partial charge in [0.05, 0.1) is 11.9 Å². The van der Waals surface area contributed by atoms with E-state index >= 15 is 0 Å².